The molecule has 0 bridgehead atoms. The summed E-state index contributed by atoms with van der Waals surface area (Å²) in [6.07, 6.45) is 2.65. The van der Waals surface area contributed by atoms with Crippen LogP contribution >= 0.6 is 11.8 Å². The Morgan fingerprint density at radius 1 is 1.41 bits per heavy atom. The van der Waals surface area contributed by atoms with Crippen molar-refractivity contribution in [1.29, 1.82) is 0 Å². The number of carbonyl (C=O) groups is 2. The molecular formula is C20H25N3O5S. The van der Waals surface area contributed by atoms with E-state index in [0.29, 0.717) is 41.3 Å². The van der Waals surface area contributed by atoms with Gasteiger partial charge in [0.2, 0.25) is 5.91 Å². The highest BCUT2D eigenvalue weighted by molar-refractivity contribution is 7.99. The van der Waals surface area contributed by atoms with Gasteiger partial charge in [-0.2, -0.15) is 0 Å². The zero-order valence-corrected chi connectivity index (χ0v) is 17.4. The summed E-state index contributed by atoms with van der Waals surface area (Å²) < 4.78 is 12.0. The molecule has 0 radical (unpaired) electrons. The first-order chi connectivity index (χ1) is 14.0. The third kappa shape index (κ3) is 5.16. The number of fused-ring (bicyclic) bond motifs is 1. The lowest BCUT2D eigenvalue weighted by Crippen LogP contribution is -2.30. The topological polar surface area (TPSA) is 99.5 Å². The van der Waals surface area contributed by atoms with E-state index in [4.69, 9.17) is 9.47 Å². The Morgan fingerprint density at radius 3 is 2.93 bits per heavy atom. The molecule has 1 saturated heterocycles. The zero-order chi connectivity index (χ0) is 20.8. The van der Waals surface area contributed by atoms with Gasteiger partial charge in [-0.3, -0.25) is 14.2 Å². The fourth-order valence-electron chi connectivity index (χ4n) is 3.15. The number of rotatable bonds is 8. The van der Waals surface area contributed by atoms with Gasteiger partial charge in [-0.25, -0.2) is 9.78 Å². The van der Waals surface area contributed by atoms with Gasteiger partial charge in [0.1, 0.15) is 0 Å². The smallest absolute Gasteiger partial charge is 0.337 e. The molecule has 2 heterocycles. The summed E-state index contributed by atoms with van der Waals surface area (Å²) in [4.78, 5) is 41.6. The van der Waals surface area contributed by atoms with Crippen molar-refractivity contribution in [1.82, 2.24) is 14.9 Å². The lowest BCUT2D eigenvalue weighted by atomic mass is 10.1. The number of ether oxygens (including phenoxy) is 2. The number of nitrogens with zero attached hydrogens (tertiary/aromatic N) is 2. The number of thioether (sulfide) groups is 1. The molecule has 1 aliphatic heterocycles. The Hall–Kier alpha value is -2.39. The molecule has 2 aromatic rings. The van der Waals surface area contributed by atoms with Crippen molar-refractivity contribution < 1.29 is 19.1 Å². The average Bonchev–Trinajstić information content (AvgIpc) is 3.25. The average molecular weight is 420 g/mol. The summed E-state index contributed by atoms with van der Waals surface area (Å²) in [6, 6.07) is 4.68. The van der Waals surface area contributed by atoms with Crippen LogP contribution in [0.25, 0.3) is 10.9 Å². The van der Waals surface area contributed by atoms with E-state index in [1.807, 2.05) is 6.92 Å². The minimum Gasteiger partial charge on any atom is -0.465 e. The number of esters is 1. The second-order valence-electron chi connectivity index (χ2n) is 6.81. The van der Waals surface area contributed by atoms with Gasteiger partial charge in [0.05, 0.1) is 42.0 Å². The highest BCUT2D eigenvalue weighted by Gasteiger charge is 2.21. The molecule has 1 aromatic heterocycles. The van der Waals surface area contributed by atoms with Crippen molar-refractivity contribution >= 4 is 34.5 Å². The first-order valence-corrected chi connectivity index (χ1v) is 10.7. The normalized spacial score (nSPS) is 16.1. The molecular weight excluding hydrogens is 394 g/mol. The Labute approximate surface area is 173 Å². The maximum absolute atomic E-state index is 13.1. The molecule has 1 amide bonds. The quantitative estimate of drug-likeness (QED) is 0.397. The van der Waals surface area contributed by atoms with Crippen LogP contribution < -0.4 is 10.9 Å². The Morgan fingerprint density at radius 2 is 2.24 bits per heavy atom. The van der Waals surface area contributed by atoms with Gasteiger partial charge in [0.25, 0.3) is 5.56 Å². The molecule has 29 heavy (non-hydrogen) atoms. The second kappa shape index (κ2) is 9.89. The van der Waals surface area contributed by atoms with E-state index in [9.17, 15) is 14.4 Å². The molecule has 1 atom stereocenters. The van der Waals surface area contributed by atoms with E-state index >= 15 is 0 Å². The molecule has 1 aromatic carbocycles. The van der Waals surface area contributed by atoms with Crippen LogP contribution in [0.3, 0.4) is 0 Å². The molecule has 1 aliphatic rings. The molecule has 0 saturated carbocycles. The minimum absolute atomic E-state index is 0.0467. The van der Waals surface area contributed by atoms with Crippen LogP contribution in [0.5, 0.6) is 0 Å². The van der Waals surface area contributed by atoms with Crippen LogP contribution in [-0.2, 0) is 20.8 Å². The summed E-state index contributed by atoms with van der Waals surface area (Å²) in [5, 5.41) is 3.67. The highest BCUT2D eigenvalue weighted by atomic mass is 32.2. The zero-order valence-electron chi connectivity index (χ0n) is 16.6. The van der Waals surface area contributed by atoms with Crippen LogP contribution in [0.4, 0.5) is 0 Å². The van der Waals surface area contributed by atoms with E-state index in [-0.39, 0.29) is 23.3 Å². The Kier molecular flexibility index (Phi) is 7.27. The van der Waals surface area contributed by atoms with E-state index in [1.54, 1.807) is 22.8 Å². The molecule has 1 fully saturated rings. The van der Waals surface area contributed by atoms with Crippen LogP contribution in [0, 0.1) is 0 Å². The lowest BCUT2D eigenvalue weighted by molar-refractivity contribution is -0.118. The van der Waals surface area contributed by atoms with E-state index in [2.05, 4.69) is 10.3 Å². The van der Waals surface area contributed by atoms with Crippen LogP contribution in [0.15, 0.2) is 28.2 Å². The van der Waals surface area contributed by atoms with Crippen molar-refractivity contribution in [3.63, 3.8) is 0 Å². The number of hydrogen-bond acceptors (Lipinski definition) is 7. The second-order valence-corrected chi connectivity index (χ2v) is 7.75. The number of aromatic nitrogens is 2. The van der Waals surface area contributed by atoms with Gasteiger partial charge < -0.3 is 14.8 Å². The molecule has 0 aliphatic carbocycles. The van der Waals surface area contributed by atoms with Crippen molar-refractivity contribution in [3.05, 3.63) is 34.1 Å². The van der Waals surface area contributed by atoms with Crippen molar-refractivity contribution in [2.75, 3.05) is 26.0 Å². The molecule has 0 unspecified atom stereocenters. The van der Waals surface area contributed by atoms with E-state index < -0.39 is 5.97 Å². The van der Waals surface area contributed by atoms with Crippen LogP contribution in [-0.4, -0.2) is 53.5 Å². The summed E-state index contributed by atoms with van der Waals surface area (Å²) in [7, 11) is 1.30. The Balaban J connectivity index is 1.97. The largest absolute Gasteiger partial charge is 0.465 e. The third-order valence-electron chi connectivity index (χ3n) is 4.66. The number of carbonyl (C=O) groups excluding carboxylic acids is 2. The van der Waals surface area contributed by atoms with Gasteiger partial charge in [-0.1, -0.05) is 18.7 Å². The fourth-order valence-corrected chi connectivity index (χ4v) is 3.99. The molecule has 8 nitrogen and oxygen atoms in total. The molecule has 0 spiro atoms. The van der Waals surface area contributed by atoms with Gasteiger partial charge in [-0.05, 0) is 37.5 Å². The monoisotopic (exact) mass is 419 g/mol. The maximum Gasteiger partial charge on any atom is 0.337 e. The van der Waals surface area contributed by atoms with E-state index in [0.717, 1.165) is 19.3 Å². The van der Waals surface area contributed by atoms with Gasteiger partial charge in [0.15, 0.2) is 5.16 Å². The van der Waals surface area contributed by atoms with Crippen LogP contribution in [0.2, 0.25) is 0 Å². The summed E-state index contributed by atoms with van der Waals surface area (Å²) in [5.41, 5.74) is 0.511. The lowest BCUT2D eigenvalue weighted by Gasteiger charge is -2.16. The Bertz CT molecular complexity index is 953. The number of nitrogens with one attached hydrogen (secondary N) is 1. The van der Waals surface area contributed by atoms with Gasteiger partial charge in [0, 0.05) is 13.2 Å². The highest BCUT2D eigenvalue weighted by Crippen LogP contribution is 2.21. The summed E-state index contributed by atoms with van der Waals surface area (Å²) in [5.74, 6) is -0.455. The summed E-state index contributed by atoms with van der Waals surface area (Å²) >= 11 is 1.21. The van der Waals surface area contributed by atoms with E-state index in [1.165, 1.54) is 18.9 Å². The number of amides is 1. The first-order valence-electron chi connectivity index (χ1n) is 9.67. The van der Waals surface area contributed by atoms with Gasteiger partial charge >= 0.3 is 5.97 Å². The van der Waals surface area contributed by atoms with Crippen LogP contribution in [0.1, 0.15) is 36.5 Å². The molecule has 3 rings (SSSR count). The third-order valence-corrected chi connectivity index (χ3v) is 5.63. The molecule has 156 valence electrons. The van der Waals surface area contributed by atoms with Crippen molar-refractivity contribution in [3.8, 4) is 0 Å². The number of benzene rings is 1. The fraction of sp³-hybridized carbons (Fsp3) is 0.500. The molecule has 9 heteroatoms. The van der Waals surface area contributed by atoms with Crippen molar-refractivity contribution in [2.24, 2.45) is 0 Å². The SMILES string of the molecule is CCCNC(=O)CSc1nc2cc(C(=O)OC)ccc2c(=O)n1C[C@@H]1CCCO1. The van der Waals surface area contributed by atoms with Gasteiger partial charge in [-0.15, -0.1) is 0 Å². The first kappa shape index (κ1) is 21.3. The number of hydrogen-bond donors (Lipinski definition) is 1. The minimum atomic E-state index is -0.495. The predicted octanol–water partition coefficient (Wildman–Crippen LogP) is 1.98. The van der Waals surface area contributed by atoms with Crippen molar-refractivity contribution in [2.45, 2.75) is 44.0 Å². The predicted molar refractivity (Wildman–Crippen MR) is 110 cm³/mol. The number of methoxy groups -OCH3 is 1. The molecule has 1 N–H and O–H groups in total. The standard InChI is InChI=1S/C20H25N3O5S/c1-3-8-21-17(24)12-29-20-22-16-10-13(19(26)27-2)6-7-15(16)18(25)23(20)11-14-5-4-9-28-14/h6-7,10,14H,3-5,8-9,11-12H2,1-2H3,(H,21,24)/t14-/m0/s1. The maximum atomic E-state index is 13.1. The summed E-state index contributed by atoms with van der Waals surface area (Å²) in [6.45, 7) is 3.66.